The second-order valence-corrected chi connectivity index (χ2v) is 6.25. The zero-order valence-electron chi connectivity index (χ0n) is 12.3. The Morgan fingerprint density at radius 2 is 1.45 bits per heavy atom. The zero-order valence-corrected chi connectivity index (χ0v) is 12.3. The molecule has 0 N–H and O–H groups in total. The second kappa shape index (κ2) is 4.47. The van der Waals surface area contributed by atoms with Gasteiger partial charge in [0.15, 0.2) is 0 Å². The van der Waals surface area contributed by atoms with Gasteiger partial charge >= 0.3 is 11.9 Å². The van der Waals surface area contributed by atoms with E-state index in [9.17, 15) is 9.59 Å². The van der Waals surface area contributed by atoms with Gasteiger partial charge in [-0.1, -0.05) is 12.2 Å². The molecule has 4 heteroatoms. The van der Waals surface area contributed by atoms with E-state index in [-0.39, 0.29) is 29.9 Å². The van der Waals surface area contributed by atoms with E-state index >= 15 is 0 Å². The third kappa shape index (κ3) is 1.89. The van der Waals surface area contributed by atoms with Gasteiger partial charge in [-0.3, -0.25) is 9.59 Å². The van der Waals surface area contributed by atoms with Crippen LogP contribution >= 0.6 is 0 Å². The second-order valence-electron chi connectivity index (χ2n) is 6.25. The average Bonchev–Trinajstić information content (AvgIpc) is 2.87. The van der Waals surface area contributed by atoms with Gasteiger partial charge in [0.25, 0.3) is 0 Å². The van der Waals surface area contributed by atoms with Crippen molar-refractivity contribution in [2.45, 2.75) is 33.8 Å². The lowest BCUT2D eigenvalue weighted by atomic mass is 9.95. The van der Waals surface area contributed by atoms with Crippen LogP contribution in [0, 0.1) is 29.6 Å². The summed E-state index contributed by atoms with van der Waals surface area (Å²) in [4.78, 5) is 22.4. The highest BCUT2D eigenvalue weighted by atomic mass is 16.5. The molecule has 2 unspecified atom stereocenters. The molecule has 108 valence electrons. The summed E-state index contributed by atoms with van der Waals surface area (Å²) in [6.45, 7) is 6.85. The smallest absolute Gasteiger partial charge is 0.307 e. The quantitative estimate of drug-likeness (QED) is 0.451. The van der Waals surface area contributed by atoms with Gasteiger partial charge in [0.05, 0.1) is 0 Å². The van der Waals surface area contributed by atoms with Crippen LogP contribution in [0.4, 0.5) is 0 Å². The number of carbonyl (C=O) groups excluding carboxylic acids is 2. The van der Waals surface area contributed by atoms with Crippen LogP contribution in [0.1, 0.15) is 27.7 Å². The molecule has 4 nitrogen and oxygen atoms in total. The fourth-order valence-electron chi connectivity index (χ4n) is 4.13. The van der Waals surface area contributed by atoms with Crippen molar-refractivity contribution in [3.05, 3.63) is 23.5 Å². The van der Waals surface area contributed by atoms with E-state index < -0.39 is 0 Å². The van der Waals surface area contributed by atoms with Crippen molar-refractivity contribution in [2.75, 3.05) is 0 Å². The van der Waals surface area contributed by atoms with Gasteiger partial charge in [0.2, 0.25) is 0 Å². The number of hydrogen-bond donors (Lipinski definition) is 0. The number of esters is 2. The van der Waals surface area contributed by atoms with Crippen molar-refractivity contribution in [2.24, 2.45) is 29.6 Å². The van der Waals surface area contributed by atoms with Crippen molar-refractivity contribution in [1.29, 1.82) is 0 Å². The molecule has 6 atom stereocenters. The molecule has 2 fully saturated rings. The topological polar surface area (TPSA) is 52.6 Å². The summed E-state index contributed by atoms with van der Waals surface area (Å²) in [5.74, 6) is 2.13. The molecule has 0 aromatic heterocycles. The van der Waals surface area contributed by atoms with E-state index in [1.165, 1.54) is 13.8 Å². The standard InChI is InChI=1S/C16H20O4/c1-7(2)15(19-8(3)17)14-12-10-5-6-11(13(12)14)16(10)20-9(4)18/h5-6,10-14,16H,1-4H3/t10-,11+,12-,13+,14?,16?. The lowest BCUT2D eigenvalue weighted by molar-refractivity contribution is -0.149. The summed E-state index contributed by atoms with van der Waals surface area (Å²) in [6, 6.07) is 0. The Morgan fingerprint density at radius 3 is 1.85 bits per heavy atom. The van der Waals surface area contributed by atoms with Gasteiger partial charge in [-0.05, 0) is 31.3 Å². The third-order valence-electron chi connectivity index (χ3n) is 4.69. The van der Waals surface area contributed by atoms with Crippen LogP contribution in [0.5, 0.6) is 0 Å². The fourth-order valence-corrected chi connectivity index (χ4v) is 4.13. The minimum Gasteiger partial charge on any atom is -0.461 e. The first-order valence-corrected chi connectivity index (χ1v) is 7.13. The molecule has 3 aliphatic rings. The molecule has 20 heavy (non-hydrogen) atoms. The van der Waals surface area contributed by atoms with E-state index in [0.29, 0.717) is 17.8 Å². The average molecular weight is 276 g/mol. The Balaban J connectivity index is 1.77. The SMILES string of the molecule is CC(=O)OC(=C(C)C)C1[C@@H]2[C@H]1[C@H]1C=C[C@@H]2C1OC(C)=O. The highest BCUT2D eigenvalue weighted by molar-refractivity contribution is 5.68. The van der Waals surface area contributed by atoms with Crippen LogP contribution in [0.25, 0.3) is 0 Å². The zero-order chi connectivity index (χ0) is 14.6. The fraction of sp³-hybridized carbons (Fsp3) is 0.625. The van der Waals surface area contributed by atoms with Crippen LogP contribution in [0.2, 0.25) is 0 Å². The minimum atomic E-state index is -0.261. The summed E-state index contributed by atoms with van der Waals surface area (Å²) in [6.07, 6.45) is 4.32. The highest BCUT2D eigenvalue weighted by Gasteiger charge is 2.70. The maximum Gasteiger partial charge on any atom is 0.307 e. The number of hydrogen-bond acceptors (Lipinski definition) is 4. The van der Waals surface area contributed by atoms with E-state index in [1.54, 1.807) is 0 Å². The molecule has 0 heterocycles. The summed E-state index contributed by atoms with van der Waals surface area (Å²) >= 11 is 0. The number of ether oxygens (including phenoxy) is 2. The van der Waals surface area contributed by atoms with Crippen LogP contribution in [0.15, 0.2) is 23.5 Å². The van der Waals surface area contributed by atoms with Crippen LogP contribution in [-0.4, -0.2) is 18.0 Å². The molecule has 2 bridgehead atoms. The van der Waals surface area contributed by atoms with Crippen molar-refractivity contribution < 1.29 is 19.1 Å². The van der Waals surface area contributed by atoms with Gasteiger partial charge in [0.1, 0.15) is 11.9 Å². The first-order valence-electron chi connectivity index (χ1n) is 7.13. The lowest BCUT2D eigenvalue weighted by Gasteiger charge is -2.22. The Kier molecular flexibility index (Phi) is 3.00. The van der Waals surface area contributed by atoms with E-state index in [2.05, 4.69) is 12.2 Å². The monoisotopic (exact) mass is 276 g/mol. The lowest BCUT2D eigenvalue weighted by Crippen LogP contribution is -2.27. The van der Waals surface area contributed by atoms with Gasteiger partial charge in [0, 0.05) is 31.6 Å². The van der Waals surface area contributed by atoms with Crippen molar-refractivity contribution >= 4 is 11.9 Å². The number of carbonyl (C=O) groups is 2. The number of allylic oxidation sites excluding steroid dienone is 2. The molecule has 0 saturated heterocycles. The molecule has 3 rings (SSSR count). The molecule has 0 aliphatic heterocycles. The van der Waals surface area contributed by atoms with E-state index in [4.69, 9.17) is 9.47 Å². The van der Waals surface area contributed by atoms with Crippen LogP contribution in [-0.2, 0) is 19.1 Å². The Labute approximate surface area is 118 Å². The molecule has 0 spiro atoms. The Hall–Kier alpha value is -1.58. The van der Waals surface area contributed by atoms with Crippen molar-refractivity contribution in [3.63, 3.8) is 0 Å². The maximum atomic E-state index is 11.3. The molecular weight excluding hydrogens is 256 g/mol. The summed E-state index contributed by atoms with van der Waals surface area (Å²) in [5.41, 5.74) is 1.06. The summed E-state index contributed by atoms with van der Waals surface area (Å²) in [7, 11) is 0. The molecule has 0 aromatic rings. The molecule has 0 amide bonds. The van der Waals surface area contributed by atoms with Gasteiger partial charge < -0.3 is 9.47 Å². The minimum absolute atomic E-state index is 0.00510. The molecule has 0 radical (unpaired) electrons. The largest absolute Gasteiger partial charge is 0.461 e. The maximum absolute atomic E-state index is 11.3. The molecular formula is C16H20O4. The Bertz CT molecular complexity index is 507. The van der Waals surface area contributed by atoms with Crippen molar-refractivity contribution in [1.82, 2.24) is 0 Å². The Morgan fingerprint density at radius 1 is 0.900 bits per heavy atom. The van der Waals surface area contributed by atoms with Gasteiger partial charge in [-0.2, -0.15) is 0 Å². The van der Waals surface area contributed by atoms with Gasteiger partial charge in [-0.25, -0.2) is 0 Å². The molecule has 0 aromatic carbocycles. The first kappa shape index (κ1) is 13.4. The summed E-state index contributed by atoms with van der Waals surface area (Å²) < 4.78 is 10.9. The predicted molar refractivity (Wildman–Crippen MR) is 72.3 cm³/mol. The molecule has 3 aliphatic carbocycles. The summed E-state index contributed by atoms with van der Waals surface area (Å²) in [5, 5.41) is 0. The van der Waals surface area contributed by atoms with E-state index in [1.807, 2.05) is 13.8 Å². The van der Waals surface area contributed by atoms with Crippen LogP contribution < -0.4 is 0 Å². The predicted octanol–water partition coefficient (Wildman–Crippen LogP) is 2.45. The number of rotatable bonds is 3. The van der Waals surface area contributed by atoms with Gasteiger partial charge in [-0.15, -0.1) is 0 Å². The van der Waals surface area contributed by atoms with Crippen molar-refractivity contribution in [3.8, 4) is 0 Å². The third-order valence-corrected chi connectivity index (χ3v) is 4.69. The number of fused-ring (bicyclic) bond motifs is 5. The molecule has 2 saturated carbocycles. The normalized spacial score (nSPS) is 39.2. The van der Waals surface area contributed by atoms with Crippen LogP contribution in [0.3, 0.4) is 0 Å². The van der Waals surface area contributed by atoms with E-state index in [0.717, 1.165) is 11.3 Å². The first-order chi connectivity index (χ1) is 9.41. The highest BCUT2D eigenvalue weighted by Crippen LogP contribution is 2.70.